The summed E-state index contributed by atoms with van der Waals surface area (Å²) in [6, 6.07) is 8.48. The van der Waals surface area contributed by atoms with Gasteiger partial charge in [-0.2, -0.15) is 5.10 Å². The molecule has 0 spiro atoms. The van der Waals surface area contributed by atoms with E-state index in [-0.39, 0.29) is 0 Å². The summed E-state index contributed by atoms with van der Waals surface area (Å²) in [5, 5.41) is 4.28. The molecule has 1 aromatic carbocycles. The van der Waals surface area contributed by atoms with Crippen molar-refractivity contribution in [1.29, 1.82) is 0 Å². The van der Waals surface area contributed by atoms with Crippen molar-refractivity contribution < 1.29 is 0 Å². The SMILES string of the molecule is C=Cc1cccc(CN(C)Cc2cnn(C)c2C)c1. The molecule has 1 heterocycles. The minimum absolute atomic E-state index is 0.915. The minimum atomic E-state index is 0.915. The predicted molar refractivity (Wildman–Crippen MR) is 79.6 cm³/mol. The second kappa shape index (κ2) is 5.85. The van der Waals surface area contributed by atoms with Crippen molar-refractivity contribution in [2.75, 3.05) is 7.05 Å². The van der Waals surface area contributed by atoms with Crippen molar-refractivity contribution in [3.8, 4) is 0 Å². The van der Waals surface area contributed by atoms with Gasteiger partial charge in [0.05, 0.1) is 6.20 Å². The highest BCUT2D eigenvalue weighted by Crippen LogP contribution is 2.12. The highest BCUT2D eigenvalue weighted by Gasteiger charge is 2.07. The lowest BCUT2D eigenvalue weighted by atomic mass is 10.1. The van der Waals surface area contributed by atoms with Gasteiger partial charge in [-0.3, -0.25) is 9.58 Å². The normalized spacial score (nSPS) is 10.9. The molecular formula is C16H21N3. The molecule has 0 atom stereocenters. The van der Waals surface area contributed by atoms with E-state index in [9.17, 15) is 0 Å². The quantitative estimate of drug-likeness (QED) is 0.819. The van der Waals surface area contributed by atoms with Crippen molar-refractivity contribution in [2.45, 2.75) is 20.0 Å². The Hall–Kier alpha value is -1.87. The highest BCUT2D eigenvalue weighted by atomic mass is 15.3. The van der Waals surface area contributed by atoms with E-state index in [1.165, 1.54) is 22.4 Å². The third-order valence-corrected chi connectivity index (χ3v) is 3.42. The molecule has 0 fully saturated rings. The van der Waals surface area contributed by atoms with E-state index >= 15 is 0 Å². The number of rotatable bonds is 5. The van der Waals surface area contributed by atoms with Crippen LogP contribution in [0.1, 0.15) is 22.4 Å². The summed E-state index contributed by atoms with van der Waals surface area (Å²) >= 11 is 0. The summed E-state index contributed by atoms with van der Waals surface area (Å²) in [4.78, 5) is 2.30. The first-order valence-electron chi connectivity index (χ1n) is 6.47. The predicted octanol–water partition coefficient (Wildman–Crippen LogP) is 3.00. The zero-order valence-corrected chi connectivity index (χ0v) is 11.9. The van der Waals surface area contributed by atoms with Gasteiger partial charge in [-0.25, -0.2) is 0 Å². The van der Waals surface area contributed by atoms with Crippen LogP contribution in [0.15, 0.2) is 37.0 Å². The molecule has 0 aliphatic rings. The van der Waals surface area contributed by atoms with Gasteiger partial charge in [-0.05, 0) is 25.1 Å². The lowest BCUT2D eigenvalue weighted by Gasteiger charge is -2.16. The van der Waals surface area contributed by atoms with Gasteiger partial charge in [0, 0.05) is 31.4 Å². The molecule has 100 valence electrons. The second-order valence-electron chi connectivity index (χ2n) is 5.00. The summed E-state index contributed by atoms with van der Waals surface area (Å²) < 4.78 is 1.92. The van der Waals surface area contributed by atoms with Crippen LogP contribution in [0.5, 0.6) is 0 Å². The maximum atomic E-state index is 4.28. The van der Waals surface area contributed by atoms with Crippen molar-refractivity contribution >= 4 is 6.08 Å². The molecule has 2 rings (SSSR count). The van der Waals surface area contributed by atoms with Crippen LogP contribution in [0.4, 0.5) is 0 Å². The van der Waals surface area contributed by atoms with Crippen LogP contribution >= 0.6 is 0 Å². The zero-order chi connectivity index (χ0) is 13.8. The number of aromatic nitrogens is 2. The van der Waals surface area contributed by atoms with Crippen LogP contribution in [0.2, 0.25) is 0 Å². The van der Waals surface area contributed by atoms with Crippen LogP contribution in [0.25, 0.3) is 6.08 Å². The van der Waals surface area contributed by atoms with Gasteiger partial charge in [0.2, 0.25) is 0 Å². The number of aryl methyl sites for hydroxylation is 1. The van der Waals surface area contributed by atoms with Crippen LogP contribution in [-0.2, 0) is 20.1 Å². The Morgan fingerprint density at radius 1 is 1.37 bits per heavy atom. The summed E-state index contributed by atoms with van der Waals surface area (Å²) in [6.45, 7) is 7.76. The molecule has 3 heteroatoms. The van der Waals surface area contributed by atoms with Gasteiger partial charge in [0.1, 0.15) is 0 Å². The number of hydrogen-bond donors (Lipinski definition) is 0. The molecule has 3 nitrogen and oxygen atoms in total. The fourth-order valence-corrected chi connectivity index (χ4v) is 2.18. The molecule has 0 saturated heterocycles. The fraction of sp³-hybridized carbons (Fsp3) is 0.312. The lowest BCUT2D eigenvalue weighted by Crippen LogP contribution is -2.17. The van der Waals surface area contributed by atoms with Gasteiger partial charge in [-0.15, -0.1) is 0 Å². The molecule has 2 aromatic rings. The molecule has 0 N–H and O–H groups in total. The van der Waals surface area contributed by atoms with Crippen LogP contribution in [0, 0.1) is 6.92 Å². The first kappa shape index (κ1) is 13.6. The molecule has 0 aliphatic heterocycles. The van der Waals surface area contributed by atoms with Crippen molar-refractivity contribution in [2.24, 2.45) is 7.05 Å². The Labute approximate surface area is 115 Å². The smallest absolute Gasteiger partial charge is 0.0537 e. The summed E-state index contributed by atoms with van der Waals surface area (Å²) in [6.07, 6.45) is 3.83. The average Bonchev–Trinajstić information content (AvgIpc) is 2.71. The molecule has 0 amide bonds. The Kier molecular flexibility index (Phi) is 4.17. The molecule has 0 unspecified atom stereocenters. The summed E-state index contributed by atoms with van der Waals surface area (Å²) in [7, 11) is 4.11. The topological polar surface area (TPSA) is 21.1 Å². The lowest BCUT2D eigenvalue weighted by molar-refractivity contribution is 0.318. The van der Waals surface area contributed by atoms with E-state index in [0.717, 1.165) is 13.1 Å². The Bertz CT molecular complexity index is 569. The standard InChI is InChI=1S/C16H21N3/c1-5-14-7-6-8-15(9-14)11-18(3)12-16-10-17-19(4)13(16)2/h5-10H,1,11-12H2,2-4H3. The van der Waals surface area contributed by atoms with Crippen LogP contribution in [0.3, 0.4) is 0 Å². The second-order valence-corrected chi connectivity index (χ2v) is 5.00. The van der Waals surface area contributed by atoms with Crippen molar-refractivity contribution in [3.05, 3.63) is 59.4 Å². The van der Waals surface area contributed by atoms with Crippen LogP contribution in [-0.4, -0.2) is 21.7 Å². The third kappa shape index (κ3) is 3.32. The van der Waals surface area contributed by atoms with Crippen molar-refractivity contribution in [1.82, 2.24) is 14.7 Å². The highest BCUT2D eigenvalue weighted by molar-refractivity contribution is 5.47. The van der Waals surface area contributed by atoms with Gasteiger partial charge >= 0.3 is 0 Å². The zero-order valence-electron chi connectivity index (χ0n) is 11.9. The first-order chi connectivity index (χ1) is 9.10. The molecule has 0 saturated carbocycles. The van der Waals surface area contributed by atoms with Crippen LogP contribution < -0.4 is 0 Å². The molecule has 1 aromatic heterocycles. The largest absolute Gasteiger partial charge is 0.298 e. The van der Waals surface area contributed by atoms with Crippen molar-refractivity contribution in [3.63, 3.8) is 0 Å². The van der Waals surface area contributed by atoms with E-state index in [4.69, 9.17) is 0 Å². The Morgan fingerprint density at radius 2 is 2.16 bits per heavy atom. The van der Waals surface area contributed by atoms with Gasteiger partial charge in [0.25, 0.3) is 0 Å². The van der Waals surface area contributed by atoms with E-state index < -0.39 is 0 Å². The van der Waals surface area contributed by atoms with Gasteiger partial charge in [-0.1, -0.05) is 36.9 Å². The fourth-order valence-electron chi connectivity index (χ4n) is 2.18. The monoisotopic (exact) mass is 255 g/mol. The Balaban J connectivity index is 2.02. The van der Waals surface area contributed by atoms with E-state index in [0.29, 0.717) is 0 Å². The molecule has 0 aliphatic carbocycles. The summed E-state index contributed by atoms with van der Waals surface area (Å²) in [5.74, 6) is 0. The Morgan fingerprint density at radius 3 is 2.79 bits per heavy atom. The average molecular weight is 255 g/mol. The maximum Gasteiger partial charge on any atom is 0.0537 e. The van der Waals surface area contributed by atoms with Gasteiger partial charge < -0.3 is 0 Å². The number of benzene rings is 1. The van der Waals surface area contributed by atoms with E-state index in [1.807, 2.05) is 24.0 Å². The molecule has 19 heavy (non-hydrogen) atoms. The molecular weight excluding hydrogens is 234 g/mol. The first-order valence-corrected chi connectivity index (χ1v) is 6.47. The van der Waals surface area contributed by atoms with E-state index in [2.05, 4.69) is 54.8 Å². The summed E-state index contributed by atoms with van der Waals surface area (Å²) in [5.41, 5.74) is 4.99. The van der Waals surface area contributed by atoms with E-state index in [1.54, 1.807) is 0 Å². The maximum absolute atomic E-state index is 4.28. The van der Waals surface area contributed by atoms with Gasteiger partial charge in [0.15, 0.2) is 0 Å². The molecule has 0 bridgehead atoms. The minimum Gasteiger partial charge on any atom is -0.298 e. The molecule has 0 radical (unpaired) electrons. The number of hydrogen-bond acceptors (Lipinski definition) is 2. The number of nitrogens with zero attached hydrogens (tertiary/aromatic N) is 3. The third-order valence-electron chi connectivity index (χ3n) is 3.42.